The summed E-state index contributed by atoms with van der Waals surface area (Å²) < 4.78 is 42.2. The molecule has 4 aromatic rings. The van der Waals surface area contributed by atoms with Gasteiger partial charge in [-0.15, -0.1) is 0 Å². The highest BCUT2D eigenvalue weighted by atomic mass is 32.2. The number of nitrogens with zero attached hydrogens (tertiary/aromatic N) is 1. The molecule has 0 spiro atoms. The van der Waals surface area contributed by atoms with Crippen molar-refractivity contribution in [1.29, 1.82) is 0 Å². The summed E-state index contributed by atoms with van der Waals surface area (Å²) in [6.07, 6.45) is 1.53. The molecule has 8 heteroatoms. The quantitative estimate of drug-likeness (QED) is 0.369. The molecule has 0 N–H and O–H groups in total. The molecule has 0 radical (unpaired) electrons. The van der Waals surface area contributed by atoms with E-state index in [2.05, 4.69) is 0 Å². The van der Waals surface area contributed by atoms with Crippen molar-refractivity contribution in [2.75, 3.05) is 7.11 Å². The van der Waals surface area contributed by atoms with Gasteiger partial charge in [0.2, 0.25) is 14.9 Å². The predicted molar refractivity (Wildman–Crippen MR) is 121 cm³/mol. The van der Waals surface area contributed by atoms with Gasteiger partial charge in [0.25, 0.3) is 5.91 Å². The molecule has 1 amide bonds. The van der Waals surface area contributed by atoms with Gasteiger partial charge in [0.1, 0.15) is 11.5 Å². The SMILES string of the molecule is COc1ccccc1CN(Cc1ccco1)C(=O)c1ccc(S(=O)(=O)c2ccc(C)cc2)o1. The van der Waals surface area contributed by atoms with E-state index in [1.165, 1.54) is 35.4 Å². The molecule has 170 valence electrons. The Labute approximate surface area is 192 Å². The van der Waals surface area contributed by atoms with Crippen molar-refractivity contribution in [2.24, 2.45) is 0 Å². The van der Waals surface area contributed by atoms with Crippen LogP contribution in [0.25, 0.3) is 0 Å². The summed E-state index contributed by atoms with van der Waals surface area (Å²) in [5.74, 6) is 0.666. The molecule has 33 heavy (non-hydrogen) atoms. The van der Waals surface area contributed by atoms with Crippen LogP contribution in [0.15, 0.2) is 97.9 Å². The Morgan fingerprint density at radius 2 is 1.70 bits per heavy atom. The highest BCUT2D eigenvalue weighted by molar-refractivity contribution is 7.91. The maximum absolute atomic E-state index is 13.4. The maximum Gasteiger partial charge on any atom is 0.290 e. The molecule has 0 unspecified atom stereocenters. The number of aryl methyl sites for hydroxylation is 1. The van der Waals surface area contributed by atoms with Crippen LogP contribution < -0.4 is 4.74 Å². The Hall–Kier alpha value is -3.78. The third kappa shape index (κ3) is 4.85. The van der Waals surface area contributed by atoms with E-state index in [0.717, 1.165) is 11.1 Å². The van der Waals surface area contributed by atoms with E-state index >= 15 is 0 Å². The van der Waals surface area contributed by atoms with Gasteiger partial charge < -0.3 is 18.5 Å². The number of furan rings is 2. The Morgan fingerprint density at radius 3 is 2.39 bits per heavy atom. The monoisotopic (exact) mass is 465 g/mol. The second-order valence-electron chi connectivity index (χ2n) is 7.49. The number of amides is 1. The molecule has 2 heterocycles. The minimum atomic E-state index is -3.89. The Kier molecular flexibility index (Phi) is 6.37. The molecular weight excluding hydrogens is 442 g/mol. The Balaban J connectivity index is 1.64. The zero-order chi connectivity index (χ0) is 23.4. The van der Waals surface area contributed by atoms with Crippen LogP contribution in [0.3, 0.4) is 0 Å². The third-order valence-corrected chi connectivity index (χ3v) is 6.80. The van der Waals surface area contributed by atoms with Gasteiger partial charge >= 0.3 is 0 Å². The second kappa shape index (κ2) is 9.38. The first-order valence-electron chi connectivity index (χ1n) is 10.2. The van der Waals surface area contributed by atoms with Crippen LogP contribution >= 0.6 is 0 Å². The van der Waals surface area contributed by atoms with Crippen LogP contribution in [0.4, 0.5) is 0 Å². The van der Waals surface area contributed by atoms with Crippen molar-refractivity contribution in [1.82, 2.24) is 4.90 Å². The number of methoxy groups -OCH3 is 1. The van der Waals surface area contributed by atoms with Gasteiger partial charge in [0, 0.05) is 5.56 Å². The highest BCUT2D eigenvalue weighted by Crippen LogP contribution is 2.26. The normalized spacial score (nSPS) is 11.3. The number of carbonyl (C=O) groups excluding carboxylic acids is 1. The van der Waals surface area contributed by atoms with Crippen LogP contribution in [0.1, 0.15) is 27.4 Å². The van der Waals surface area contributed by atoms with E-state index in [0.29, 0.717) is 11.5 Å². The average Bonchev–Trinajstić information content (AvgIpc) is 3.51. The molecule has 0 aliphatic rings. The fourth-order valence-corrected chi connectivity index (χ4v) is 4.57. The molecule has 0 saturated carbocycles. The van der Waals surface area contributed by atoms with Crippen molar-refractivity contribution in [3.63, 3.8) is 0 Å². The molecule has 0 aliphatic carbocycles. The molecule has 2 aromatic heterocycles. The number of ether oxygens (including phenoxy) is 1. The molecular formula is C25H23NO6S. The Bertz CT molecular complexity index is 1340. The van der Waals surface area contributed by atoms with Crippen molar-refractivity contribution in [3.8, 4) is 5.75 Å². The highest BCUT2D eigenvalue weighted by Gasteiger charge is 2.26. The summed E-state index contributed by atoms with van der Waals surface area (Å²) in [5.41, 5.74) is 1.73. The topological polar surface area (TPSA) is 90.0 Å². The fraction of sp³-hybridized carbons (Fsp3) is 0.160. The van der Waals surface area contributed by atoms with E-state index in [1.54, 1.807) is 31.4 Å². The zero-order valence-electron chi connectivity index (χ0n) is 18.2. The summed E-state index contributed by atoms with van der Waals surface area (Å²) in [6.45, 7) is 2.25. The fourth-order valence-electron chi connectivity index (χ4n) is 3.40. The van der Waals surface area contributed by atoms with E-state index in [1.807, 2.05) is 31.2 Å². The third-order valence-electron chi connectivity index (χ3n) is 5.16. The standard InChI is InChI=1S/C25H23NO6S/c1-18-9-11-21(12-10-18)33(28,29)24-14-13-23(32-24)25(27)26(17-20-7-5-15-31-20)16-19-6-3-4-8-22(19)30-2/h3-15H,16-17H2,1-2H3. The lowest BCUT2D eigenvalue weighted by Crippen LogP contribution is -2.30. The summed E-state index contributed by atoms with van der Waals surface area (Å²) in [4.78, 5) is 15.0. The Morgan fingerprint density at radius 1 is 0.939 bits per heavy atom. The first-order valence-corrected chi connectivity index (χ1v) is 11.7. The van der Waals surface area contributed by atoms with Gasteiger partial charge in [-0.25, -0.2) is 8.42 Å². The second-order valence-corrected chi connectivity index (χ2v) is 9.37. The summed E-state index contributed by atoms with van der Waals surface area (Å²) >= 11 is 0. The van der Waals surface area contributed by atoms with E-state index in [-0.39, 0.29) is 28.8 Å². The summed E-state index contributed by atoms with van der Waals surface area (Å²) in [5, 5.41) is -0.287. The molecule has 0 saturated heterocycles. The molecule has 0 aliphatic heterocycles. The van der Waals surface area contributed by atoms with Gasteiger partial charge in [-0.2, -0.15) is 0 Å². The lowest BCUT2D eigenvalue weighted by atomic mass is 10.1. The van der Waals surface area contributed by atoms with E-state index in [4.69, 9.17) is 13.6 Å². The molecule has 0 fully saturated rings. The van der Waals surface area contributed by atoms with Gasteiger partial charge in [-0.3, -0.25) is 4.79 Å². The minimum absolute atomic E-state index is 0.0814. The summed E-state index contributed by atoms with van der Waals surface area (Å²) in [6, 6.07) is 20.0. The van der Waals surface area contributed by atoms with Crippen LogP contribution in [-0.4, -0.2) is 26.3 Å². The first-order chi connectivity index (χ1) is 15.9. The molecule has 4 rings (SSSR count). The zero-order valence-corrected chi connectivity index (χ0v) is 19.0. The van der Waals surface area contributed by atoms with Crippen molar-refractivity contribution in [3.05, 3.63) is 102 Å². The minimum Gasteiger partial charge on any atom is -0.496 e. The van der Waals surface area contributed by atoms with Gasteiger partial charge in [0.05, 0.1) is 31.4 Å². The van der Waals surface area contributed by atoms with Crippen molar-refractivity contribution >= 4 is 15.7 Å². The van der Waals surface area contributed by atoms with Gasteiger partial charge in [-0.1, -0.05) is 35.9 Å². The van der Waals surface area contributed by atoms with Crippen molar-refractivity contribution < 1.29 is 26.8 Å². The van der Waals surface area contributed by atoms with Crippen LogP contribution in [-0.2, 0) is 22.9 Å². The number of rotatable bonds is 8. The molecule has 7 nitrogen and oxygen atoms in total. The van der Waals surface area contributed by atoms with E-state index < -0.39 is 15.7 Å². The van der Waals surface area contributed by atoms with Gasteiger partial charge in [0.15, 0.2) is 5.76 Å². The van der Waals surface area contributed by atoms with Gasteiger partial charge in [-0.05, 0) is 49.4 Å². The number of hydrogen-bond donors (Lipinski definition) is 0. The number of para-hydroxylation sites is 1. The number of hydrogen-bond acceptors (Lipinski definition) is 6. The first kappa shape index (κ1) is 22.4. The average molecular weight is 466 g/mol. The van der Waals surface area contributed by atoms with E-state index in [9.17, 15) is 13.2 Å². The molecule has 2 aromatic carbocycles. The predicted octanol–water partition coefficient (Wildman–Crippen LogP) is 4.87. The summed E-state index contributed by atoms with van der Waals surface area (Å²) in [7, 11) is -2.33. The smallest absolute Gasteiger partial charge is 0.290 e. The van der Waals surface area contributed by atoms with Crippen LogP contribution in [0.5, 0.6) is 5.75 Å². The largest absolute Gasteiger partial charge is 0.496 e. The lowest BCUT2D eigenvalue weighted by molar-refractivity contribution is 0.0678. The number of carbonyl (C=O) groups is 1. The lowest BCUT2D eigenvalue weighted by Gasteiger charge is -2.22. The maximum atomic E-state index is 13.4. The molecule has 0 bridgehead atoms. The molecule has 0 atom stereocenters. The number of benzene rings is 2. The van der Waals surface area contributed by atoms with Crippen LogP contribution in [0.2, 0.25) is 0 Å². The van der Waals surface area contributed by atoms with Crippen molar-refractivity contribution in [2.45, 2.75) is 30.0 Å². The van der Waals surface area contributed by atoms with Crippen LogP contribution in [0, 0.1) is 6.92 Å². The number of sulfone groups is 1.